The van der Waals surface area contributed by atoms with Gasteiger partial charge < -0.3 is 21.1 Å². The summed E-state index contributed by atoms with van der Waals surface area (Å²) in [7, 11) is 1.59. The van der Waals surface area contributed by atoms with Gasteiger partial charge >= 0.3 is 0 Å². The van der Waals surface area contributed by atoms with Gasteiger partial charge in [-0.2, -0.15) is 15.0 Å². The van der Waals surface area contributed by atoms with Crippen molar-refractivity contribution in [2.75, 3.05) is 24.7 Å². The van der Waals surface area contributed by atoms with Crippen LogP contribution in [-0.4, -0.2) is 39.8 Å². The van der Waals surface area contributed by atoms with Crippen LogP contribution in [0, 0.1) is 0 Å². The van der Waals surface area contributed by atoms with Crippen molar-refractivity contribution in [3.05, 3.63) is 66.0 Å². The Morgan fingerprint density at radius 2 is 1.84 bits per heavy atom. The number of carbonyl (C=O) groups is 1. The summed E-state index contributed by atoms with van der Waals surface area (Å²) in [6, 6.07) is 17.5. The van der Waals surface area contributed by atoms with Gasteiger partial charge in [0.2, 0.25) is 17.8 Å². The highest BCUT2D eigenvalue weighted by Gasteiger charge is 2.15. The van der Waals surface area contributed by atoms with Gasteiger partial charge in [0.1, 0.15) is 11.6 Å². The number of rotatable bonds is 10. The first-order chi connectivity index (χ1) is 15.0. The number of ether oxygens (including phenoxy) is 1. The van der Waals surface area contributed by atoms with Gasteiger partial charge in [-0.1, -0.05) is 42.5 Å². The standard InChI is InChI=1S/C22H26N6O2S/c1-15(20(29)24-13-12-16-8-4-3-5-9-16)31-14-19-26-21(23)28-22(27-19)25-17-10-6-7-11-18(17)30-2/h3-11,15H,12-14H2,1-2H3,(H,24,29)(H3,23,25,26,27,28). The number of hydrogen-bond donors (Lipinski definition) is 3. The molecule has 9 heteroatoms. The SMILES string of the molecule is COc1ccccc1Nc1nc(N)nc(CSC(C)C(=O)NCCc2ccccc2)n1. The predicted molar refractivity (Wildman–Crippen MR) is 124 cm³/mol. The molecule has 0 aliphatic rings. The monoisotopic (exact) mass is 438 g/mol. The molecule has 0 radical (unpaired) electrons. The summed E-state index contributed by atoms with van der Waals surface area (Å²) in [6.07, 6.45) is 0.798. The number of thioether (sulfide) groups is 1. The minimum Gasteiger partial charge on any atom is -0.495 e. The van der Waals surface area contributed by atoms with Gasteiger partial charge in [-0.15, -0.1) is 11.8 Å². The van der Waals surface area contributed by atoms with Crippen molar-refractivity contribution in [2.24, 2.45) is 0 Å². The van der Waals surface area contributed by atoms with Crippen LogP contribution in [0.25, 0.3) is 0 Å². The molecule has 1 amide bonds. The molecule has 31 heavy (non-hydrogen) atoms. The van der Waals surface area contributed by atoms with E-state index in [1.165, 1.54) is 17.3 Å². The molecule has 0 saturated heterocycles. The van der Waals surface area contributed by atoms with Crippen LogP contribution in [0.4, 0.5) is 17.6 Å². The first-order valence-electron chi connectivity index (χ1n) is 9.89. The highest BCUT2D eigenvalue weighted by Crippen LogP contribution is 2.26. The van der Waals surface area contributed by atoms with E-state index in [-0.39, 0.29) is 17.1 Å². The second kappa shape index (κ2) is 11.2. The summed E-state index contributed by atoms with van der Waals surface area (Å²) >= 11 is 1.44. The summed E-state index contributed by atoms with van der Waals surface area (Å²) in [5.74, 6) is 2.02. The van der Waals surface area contributed by atoms with Crippen molar-refractivity contribution >= 4 is 35.3 Å². The van der Waals surface area contributed by atoms with Crippen LogP contribution in [0.3, 0.4) is 0 Å². The Hall–Kier alpha value is -3.33. The summed E-state index contributed by atoms with van der Waals surface area (Å²) in [4.78, 5) is 25.1. The van der Waals surface area contributed by atoms with E-state index in [4.69, 9.17) is 10.5 Å². The molecule has 4 N–H and O–H groups in total. The fourth-order valence-electron chi connectivity index (χ4n) is 2.82. The quantitative estimate of drug-likeness (QED) is 0.442. The van der Waals surface area contributed by atoms with Crippen molar-refractivity contribution in [1.82, 2.24) is 20.3 Å². The number of benzene rings is 2. The molecule has 1 heterocycles. The normalized spacial score (nSPS) is 11.5. The van der Waals surface area contributed by atoms with Crippen LogP contribution >= 0.6 is 11.8 Å². The minimum absolute atomic E-state index is 0.0182. The molecule has 0 aliphatic heterocycles. The topological polar surface area (TPSA) is 115 Å². The molecule has 1 aromatic heterocycles. The smallest absolute Gasteiger partial charge is 0.232 e. The van der Waals surface area contributed by atoms with Crippen LogP contribution < -0.4 is 21.1 Å². The van der Waals surface area contributed by atoms with E-state index in [2.05, 4.69) is 25.6 Å². The first kappa shape index (κ1) is 22.4. The molecule has 0 aliphatic carbocycles. The molecule has 0 bridgehead atoms. The molecule has 162 valence electrons. The van der Waals surface area contributed by atoms with Gasteiger partial charge in [-0.3, -0.25) is 4.79 Å². The van der Waals surface area contributed by atoms with E-state index in [0.29, 0.717) is 29.8 Å². The number of nitrogens with zero attached hydrogens (tertiary/aromatic N) is 3. The number of amides is 1. The lowest BCUT2D eigenvalue weighted by Gasteiger charge is -2.13. The van der Waals surface area contributed by atoms with Crippen molar-refractivity contribution in [1.29, 1.82) is 0 Å². The van der Waals surface area contributed by atoms with Crippen LogP contribution in [-0.2, 0) is 17.0 Å². The molecular weight excluding hydrogens is 412 g/mol. The number of aromatic nitrogens is 3. The predicted octanol–water partition coefficient (Wildman–Crippen LogP) is 3.19. The number of nitrogens with two attached hydrogens (primary N) is 1. The number of para-hydroxylation sites is 2. The maximum Gasteiger partial charge on any atom is 0.232 e. The van der Waals surface area contributed by atoms with Gasteiger partial charge in [-0.25, -0.2) is 0 Å². The van der Waals surface area contributed by atoms with Crippen molar-refractivity contribution in [3.63, 3.8) is 0 Å². The van der Waals surface area contributed by atoms with Gasteiger partial charge in [0, 0.05) is 6.54 Å². The van der Waals surface area contributed by atoms with E-state index in [0.717, 1.165) is 12.1 Å². The lowest BCUT2D eigenvalue weighted by Crippen LogP contribution is -2.32. The molecule has 0 fully saturated rings. The van der Waals surface area contributed by atoms with Crippen molar-refractivity contribution < 1.29 is 9.53 Å². The average Bonchev–Trinajstić information content (AvgIpc) is 2.78. The van der Waals surface area contributed by atoms with Crippen LogP contribution in [0.2, 0.25) is 0 Å². The molecule has 1 unspecified atom stereocenters. The summed E-state index contributed by atoms with van der Waals surface area (Å²) < 4.78 is 5.33. The fraction of sp³-hybridized carbons (Fsp3) is 0.273. The number of hydrogen-bond acceptors (Lipinski definition) is 8. The maximum atomic E-state index is 12.4. The Morgan fingerprint density at radius 1 is 1.10 bits per heavy atom. The second-order valence-electron chi connectivity index (χ2n) is 6.74. The average molecular weight is 439 g/mol. The summed E-state index contributed by atoms with van der Waals surface area (Å²) in [6.45, 7) is 2.46. The second-order valence-corrected chi connectivity index (χ2v) is 8.07. The summed E-state index contributed by atoms with van der Waals surface area (Å²) in [5, 5.41) is 5.82. The Balaban J connectivity index is 1.53. The molecule has 8 nitrogen and oxygen atoms in total. The molecule has 3 aromatic rings. The van der Waals surface area contributed by atoms with Gasteiger partial charge in [0.25, 0.3) is 0 Å². The Kier molecular flexibility index (Phi) is 8.05. The Bertz CT molecular complexity index is 1000. The Labute approximate surface area is 186 Å². The van der Waals surface area contributed by atoms with Crippen molar-refractivity contribution in [3.8, 4) is 5.75 Å². The van der Waals surface area contributed by atoms with Crippen LogP contribution in [0.5, 0.6) is 5.75 Å². The lowest BCUT2D eigenvalue weighted by molar-refractivity contribution is -0.120. The zero-order valence-corrected chi connectivity index (χ0v) is 18.4. The van der Waals surface area contributed by atoms with Gasteiger partial charge in [-0.05, 0) is 31.0 Å². The zero-order chi connectivity index (χ0) is 22.1. The van der Waals surface area contributed by atoms with Gasteiger partial charge in [0.15, 0.2) is 0 Å². The van der Waals surface area contributed by atoms with E-state index in [1.807, 2.05) is 61.5 Å². The summed E-state index contributed by atoms with van der Waals surface area (Å²) in [5.41, 5.74) is 7.76. The number of methoxy groups -OCH3 is 1. The minimum atomic E-state index is -0.251. The Morgan fingerprint density at radius 3 is 2.61 bits per heavy atom. The highest BCUT2D eigenvalue weighted by atomic mass is 32.2. The fourth-order valence-corrected chi connectivity index (χ4v) is 3.58. The molecule has 1 atom stereocenters. The van der Waals surface area contributed by atoms with Crippen LogP contribution in [0.1, 0.15) is 18.3 Å². The van der Waals surface area contributed by atoms with E-state index >= 15 is 0 Å². The number of carbonyl (C=O) groups excluding carboxylic acids is 1. The third kappa shape index (κ3) is 6.85. The van der Waals surface area contributed by atoms with Gasteiger partial charge in [0.05, 0.1) is 23.8 Å². The van der Waals surface area contributed by atoms with Crippen molar-refractivity contribution in [2.45, 2.75) is 24.3 Å². The molecular formula is C22H26N6O2S. The highest BCUT2D eigenvalue weighted by molar-refractivity contribution is 7.99. The first-order valence-corrected chi connectivity index (χ1v) is 10.9. The number of nitrogens with one attached hydrogen (secondary N) is 2. The van der Waals surface area contributed by atoms with Crippen LogP contribution in [0.15, 0.2) is 54.6 Å². The lowest BCUT2D eigenvalue weighted by atomic mass is 10.1. The maximum absolute atomic E-state index is 12.4. The third-order valence-corrected chi connectivity index (χ3v) is 5.58. The third-order valence-electron chi connectivity index (χ3n) is 4.44. The zero-order valence-electron chi connectivity index (χ0n) is 17.5. The van der Waals surface area contributed by atoms with E-state index < -0.39 is 0 Å². The molecule has 2 aromatic carbocycles. The number of anilines is 3. The number of nitrogen functional groups attached to an aromatic ring is 1. The van der Waals surface area contributed by atoms with E-state index in [9.17, 15) is 4.79 Å². The largest absolute Gasteiger partial charge is 0.495 e. The van der Waals surface area contributed by atoms with E-state index in [1.54, 1.807) is 7.11 Å². The molecule has 3 rings (SSSR count). The molecule has 0 spiro atoms. The molecule has 0 saturated carbocycles.